The van der Waals surface area contributed by atoms with E-state index in [4.69, 9.17) is 0 Å². The Hall–Kier alpha value is -0.930. The summed E-state index contributed by atoms with van der Waals surface area (Å²) in [7, 11) is 0. The quantitative estimate of drug-likeness (QED) is 0.751. The largest absolute Gasteiger partial charge is 0.310 e. The molecule has 3 rings (SSSR count). The maximum Gasteiger partial charge on any atom is 0.123 e. The van der Waals surface area contributed by atoms with Gasteiger partial charge in [-0.05, 0) is 48.5 Å². The van der Waals surface area contributed by atoms with Gasteiger partial charge in [-0.3, -0.25) is 0 Å². The summed E-state index contributed by atoms with van der Waals surface area (Å²) in [5.74, 6) is 0.712. The summed E-state index contributed by atoms with van der Waals surface area (Å²) >= 11 is 1.81. The highest BCUT2D eigenvalue weighted by molar-refractivity contribution is 7.19. The van der Waals surface area contributed by atoms with Crippen LogP contribution in [0.4, 0.5) is 4.39 Å². The van der Waals surface area contributed by atoms with Crippen molar-refractivity contribution in [2.75, 3.05) is 6.54 Å². The summed E-state index contributed by atoms with van der Waals surface area (Å²) in [6.07, 6.45) is 8.17. The van der Waals surface area contributed by atoms with Crippen molar-refractivity contribution in [3.05, 3.63) is 35.0 Å². The predicted molar refractivity (Wildman–Crippen MR) is 89.4 cm³/mol. The zero-order valence-corrected chi connectivity index (χ0v) is 13.5. The standard InChI is InChI=1S/C18H24FNS/c1-2-20-16(10-13-6-4-3-5-7-13)18-12-14-11-15(19)8-9-17(14)21-18/h8-9,11-13,16,20H,2-7,10H2,1H3. The van der Waals surface area contributed by atoms with E-state index < -0.39 is 0 Å². The summed E-state index contributed by atoms with van der Waals surface area (Å²) in [6.45, 7) is 3.15. The van der Waals surface area contributed by atoms with Gasteiger partial charge < -0.3 is 5.32 Å². The molecule has 1 fully saturated rings. The van der Waals surface area contributed by atoms with Gasteiger partial charge in [0.25, 0.3) is 0 Å². The number of thiophene rings is 1. The molecule has 1 saturated carbocycles. The monoisotopic (exact) mass is 305 g/mol. The number of hydrogen-bond acceptors (Lipinski definition) is 2. The Labute approximate surface area is 130 Å². The van der Waals surface area contributed by atoms with E-state index in [1.54, 1.807) is 12.1 Å². The Morgan fingerprint density at radius 2 is 2.05 bits per heavy atom. The second kappa shape index (κ2) is 6.89. The second-order valence-corrected chi connectivity index (χ2v) is 7.30. The average molecular weight is 305 g/mol. The van der Waals surface area contributed by atoms with Crippen molar-refractivity contribution in [2.24, 2.45) is 5.92 Å². The molecule has 1 nitrogen and oxygen atoms in total. The molecule has 0 saturated heterocycles. The van der Waals surface area contributed by atoms with Gasteiger partial charge in [0.2, 0.25) is 0 Å². The lowest BCUT2D eigenvalue weighted by Gasteiger charge is -2.26. The van der Waals surface area contributed by atoms with Crippen LogP contribution < -0.4 is 5.32 Å². The molecule has 3 heteroatoms. The van der Waals surface area contributed by atoms with Crippen LogP contribution in [0.3, 0.4) is 0 Å². The molecule has 1 aromatic carbocycles. The van der Waals surface area contributed by atoms with E-state index in [0.29, 0.717) is 6.04 Å². The molecule has 1 aliphatic carbocycles. The van der Waals surface area contributed by atoms with Gasteiger partial charge in [0.05, 0.1) is 0 Å². The molecule has 0 spiro atoms. The number of rotatable bonds is 5. The number of benzene rings is 1. The number of nitrogens with one attached hydrogen (secondary N) is 1. The molecule has 1 heterocycles. The van der Waals surface area contributed by atoms with Crippen LogP contribution in [0.2, 0.25) is 0 Å². The Morgan fingerprint density at radius 3 is 2.81 bits per heavy atom. The van der Waals surface area contributed by atoms with Crippen molar-refractivity contribution in [3.63, 3.8) is 0 Å². The third kappa shape index (κ3) is 3.64. The van der Waals surface area contributed by atoms with E-state index in [2.05, 4.69) is 18.3 Å². The smallest absolute Gasteiger partial charge is 0.123 e. The van der Waals surface area contributed by atoms with E-state index in [1.165, 1.54) is 48.1 Å². The lowest BCUT2D eigenvalue weighted by molar-refractivity contribution is 0.303. The molecular formula is C18H24FNS. The van der Waals surface area contributed by atoms with Crippen molar-refractivity contribution in [2.45, 2.75) is 51.5 Å². The molecule has 2 aromatic rings. The summed E-state index contributed by atoms with van der Waals surface area (Å²) in [6, 6.07) is 7.73. The SMILES string of the molecule is CCNC(CC1CCCCC1)c1cc2cc(F)ccc2s1. The van der Waals surface area contributed by atoms with Crippen LogP contribution in [0.15, 0.2) is 24.3 Å². The van der Waals surface area contributed by atoms with Gasteiger partial charge in [-0.1, -0.05) is 39.0 Å². The summed E-state index contributed by atoms with van der Waals surface area (Å²) in [5.41, 5.74) is 0. The second-order valence-electron chi connectivity index (χ2n) is 6.18. The van der Waals surface area contributed by atoms with Crippen LogP contribution in [-0.2, 0) is 0 Å². The minimum absolute atomic E-state index is 0.140. The van der Waals surface area contributed by atoms with Gasteiger partial charge >= 0.3 is 0 Å². The predicted octanol–water partition coefficient (Wildman–Crippen LogP) is 5.66. The van der Waals surface area contributed by atoms with Crippen LogP contribution in [0.1, 0.15) is 56.4 Å². The highest BCUT2D eigenvalue weighted by atomic mass is 32.1. The average Bonchev–Trinajstić information content (AvgIpc) is 2.91. The first kappa shape index (κ1) is 15.0. The van der Waals surface area contributed by atoms with Gasteiger partial charge in [-0.25, -0.2) is 4.39 Å². The molecule has 1 aromatic heterocycles. The van der Waals surface area contributed by atoms with Gasteiger partial charge in [-0.2, -0.15) is 0 Å². The molecule has 0 bridgehead atoms. The molecule has 0 aliphatic heterocycles. The zero-order valence-electron chi connectivity index (χ0n) is 12.7. The van der Waals surface area contributed by atoms with Gasteiger partial charge in [0.15, 0.2) is 0 Å². The molecular weight excluding hydrogens is 281 g/mol. The molecule has 1 aliphatic rings. The van der Waals surface area contributed by atoms with Crippen LogP contribution >= 0.6 is 11.3 Å². The first-order valence-electron chi connectivity index (χ1n) is 8.18. The fraction of sp³-hybridized carbons (Fsp3) is 0.556. The lowest BCUT2D eigenvalue weighted by Crippen LogP contribution is -2.23. The third-order valence-corrected chi connectivity index (χ3v) is 5.81. The van der Waals surface area contributed by atoms with Gasteiger partial charge in [0, 0.05) is 15.6 Å². The third-order valence-electron chi connectivity index (χ3n) is 4.59. The molecule has 1 unspecified atom stereocenters. The first-order chi connectivity index (χ1) is 10.3. The normalized spacial score (nSPS) is 18.2. The highest BCUT2D eigenvalue weighted by Gasteiger charge is 2.21. The zero-order chi connectivity index (χ0) is 14.7. The summed E-state index contributed by atoms with van der Waals surface area (Å²) in [4.78, 5) is 1.36. The van der Waals surface area contributed by atoms with E-state index in [9.17, 15) is 4.39 Å². The fourth-order valence-corrected chi connectivity index (χ4v) is 4.64. The van der Waals surface area contributed by atoms with Crippen LogP contribution in [-0.4, -0.2) is 6.54 Å². The Morgan fingerprint density at radius 1 is 1.24 bits per heavy atom. The Bertz CT molecular complexity index is 586. The van der Waals surface area contributed by atoms with E-state index in [0.717, 1.165) is 17.8 Å². The number of halogens is 1. The maximum atomic E-state index is 13.4. The Kier molecular flexibility index (Phi) is 4.91. The Balaban J connectivity index is 1.80. The highest BCUT2D eigenvalue weighted by Crippen LogP contribution is 2.36. The molecule has 1 N–H and O–H groups in total. The van der Waals surface area contributed by atoms with E-state index in [-0.39, 0.29) is 5.82 Å². The van der Waals surface area contributed by atoms with Crippen LogP contribution in [0.25, 0.3) is 10.1 Å². The van der Waals surface area contributed by atoms with Gasteiger partial charge in [0.1, 0.15) is 5.82 Å². The molecule has 1 atom stereocenters. The van der Waals surface area contributed by atoms with Crippen molar-refractivity contribution < 1.29 is 4.39 Å². The molecule has 21 heavy (non-hydrogen) atoms. The van der Waals surface area contributed by atoms with Crippen molar-refractivity contribution >= 4 is 21.4 Å². The minimum Gasteiger partial charge on any atom is -0.310 e. The first-order valence-corrected chi connectivity index (χ1v) is 9.00. The van der Waals surface area contributed by atoms with Crippen molar-refractivity contribution in [1.82, 2.24) is 5.32 Å². The van der Waals surface area contributed by atoms with Crippen LogP contribution in [0, 0.1) is 11.7 Å². The molecule has 114 valence electrons. The maximum absolute atomic E-state index is 13.4. The van der Waals surface area contributed by atoms with E-state index in [1.807, 2.05) is 17.4 Å². The van der Waals surface area contributed by atoms with Crippen LogP contribution in [0.5, 0.6) is 0 Å². The lowest BCUT2D eigenvalue weighted by atomic mass is 9.84. The van der Waals surface area contributed by atoms with Crippen molar-refractivity contribution in [1.29, 1.82) is 0 Å². The summed E-state index contributed by atoms with van der Waals surface area (Å²) < 4.78 is 14.5. The fourth-order valence-electron chi connectivity index (χ4n) is 3.51. The van der Waals surface area contributed by atoms with E-state index >= 15 is 0 Å². The number of hydrogen-bond donors (Lipinski definition) is 1. The summed E-state index contributed by atoms with van der Waals surface area (Å²) in [5, 5.41) is 4.68. The minimum atomic E-state index is -0.140. The van der Waals surface area contributed by atoms with Crippen molar-refractivity contribution in [3.8, 4) is 0 Å². The van der Waals surface area contributed by atoms with Gasteiger partial charge in [-0.15, -0.1) is 11.3 Å². The number of fused-ring (bicyclic) bond motifs is 1. The molecule has 0 amide bonds. The molecule has 0 radical (unpaired) electrons. The topological polar surface area (TPSA) is 12.0 Å².